The normalized spacial score (nSPS) is 17.0. The van der Waals surface area contributed by atoms with Crippen LogP contribution in [-0.4, -0.2) is 48.0 Å². The van der Waals surface area contributed by atoms with Crippen LogP contribution < -0.4 is 4.74 Å². The van der Waals surface area contributed by atoms with Crippen molar-refractivity contribution in [2.24, 2.45) is 5.92 Å². The number of hydrogen-bond acceptors (Lipinski definition) is 6. The van der Waals surface area contributed by atoms with Gasteiger partial charge in [0.25, 0.3) is 5.91 Å². The van der Waals surface area contributed by atoms with Gasteiger partial charge in [0.15, 0.2) is 12.4 Å². The highest BCUT2D eigenvalue weighted by molar-refractivity contribution is 5.92. The highest BCUT2D eigenvalue weighted by atomic mass is 16.6. The van der Waals surface area contributed by atoms with Crippen molar-refractivity contribution in [3.05, 3.63) is 33.9 Å². The fraction of sp³-hybridized carbons (Fsp3) is 0.529. The van der Waals surface area contributed by atoms with Crippen LogP contribution in [0.15, 0.2) is 18.2 Å². The molecule has 0 unspecified atom stereocenters. The maximum atomic E-state index is 12.1. The van der Waals surface area contributed by atoms with Gasteiger partial charge in [0.2, 0.25) is 0 Å². The summed E-state index contributed by atoms with van der Waals surface area (Å²) >= 11 is 0. The van der Waals surface area contributed by atoms with E-state index in [1.54, 1.807) is 11.8 Å². The molecule has 8 heteroatoms. The third-order valence-electron chi connectivity index (χ3n) is 4.03. The van der Waals surface area contributed by atoms with E-state index in [1.165, 1.54) is 12.1 Å². The molecule has 136 valence electrons. The van der Waals surface area contributed by atoms with E-state index in [4.69, 9.17) is 9.47 Å². The van der Waals surface area contributed by atoms with E-state index >= 15 is 0 Å². The maximum Gasteiger partial charge on any atom is 0.338 e. The number of amides is 1. The molecule has 8 nitrogen and oxygen atoms in total. The Morgan fingerprint density at radius 1 is 1.40 bits per heavy atom. The minimum atomic E-state index is -0.774. The van der Waals surface area contributed by atoms with Crippen molar-refractivity contribution in [1.29, 1.82) is 0 Å². The number of hydrogen-bond donors (Lipinski definition) is 0. The van der Waals surface area contributed by atoms with Gasteiger partial charge < -0.3 is 14.4 Å². The SMILES string of the molecule is CCOc1ccc(C(=O)OCC(=O)N2CCC[C@@H](C)C2)cc1[N+](=O)[O-]. The molecule has 0 radical (unpaired) electrons. The molecule has 1 amide bonds. The number of carbonyl (C=O) groups is 2. The molecular weight excluding hydrogens is 328 g/mol. The minimum absolute atomic E-state index is 0.00923. The van der Waals surface area contributed by atoms with Gasteiger partial charge in [-0.25, -0.2) is 4.79 Å². The summed E-state index contributed by atoms with van der Waals surface area (Å²) < 4.78 is 10.2. The van der Waals surface area contributed by atoms with Crippen molar-refractivity contribution in [3.8, 4) is 5.75 Å². The number of nitro groups is 1. The molecule has 1 aliphatic heterocycles. The van der Waals surface area contributed by atoms with Gasteiger partial charge in [-0.05, 0) is 37.8 Å². The first kappa shape index (κ1) is 18.7. The van der Waals surface area contributed by atoms with Crippen molar-refractivity contribution in [2.45, 2.75) is 26.7 Å². The van der Waals surface area contributed by atoms with Crippen molar-refractivity contribution < 1.29 is 24.0 Å². The molecular formula is C17H22N2O6. The summed E-state index contributed by atoms with van der Waals surface area (Å²) in [5, 5.41) is 11.1. The zero-order valence-electron chi connectivity index (χ0n) is 14.4. The molecule has 0 N–H and O–H groups in total. The maximum absolute atomic E-state index is 12.1. The third-order valence-corrected chi connectivity index (χ3v) is 4.03. The Kier molecular flexibility index (Phi) is 6.32. The van der Waals surface area contributed by atoms with E-state index in [2.05, 4.69) is 6.92 Å². The Labute approximate surface area is 145 Å². The van der Waals surface area contributed by atoms with Gasteiger partial charge in [0.1, 0.15) is 0 Å². The number of nitro benzene ring substituents is 1. The second-order valence-corrected chi connectivity index (χ2v) is 6.04. The van der Waals surface area contributed by atoms with Crippen molar-refractivity contribution in [2.75, 3.05) is 26.3 Å². The van der Waals surface area contributed by atoms with Crippen molar-refractivity contribution in [1.82, 2.24) is 4.90 Å². The Bertz CT molecular complexity index is 661. The second kappa shape index (κ2) is 8.46. The lowest BCUT2D eigenvalue weighted by Crippen LogP contribution is -2.41. The van der Waals surface area contributed by atoms with Crippen LogP contribution in [0.4, 0.5) is 5.69 Å². The van der Waals surface area contributed by atoms with Gasteiger partial charge >= 0.3 is 11.7 Å². The number of carbonyl (C=O) groups excluding carboxylic acids is 2. The average molecular weight is 350 g/mol. The summed E-state index contributed by atoms with van der Waals surface area (Å²) in [5.41, 5.74) is -0.303. The number of likely N-dealkylation sites (tertiary alicyclic amines) is 1. The van der Waals surface area contributed by atoms with Crippen molar-refractivity contribution in [3.63, 3.8) is 0 Å². The molecule has 2 rings (SSSR count). The topological polar surface area (TPSA) is 99.0 Å². The van der Waals surface area contributed by atoms with Crippen LogP contribution in [0.2, 0.25) is 0 Å². The zero-order valence-corrected chi connectivity index (χ0v) is 14.4. The van der Waals surface area contributed by atoms with E-state index in [9.17, 15) is 19.7 Å². The molecule has 25 heavy (non-hydrogen) atoms. The first-order valence-electron chi connectivity index (χ1n) is 8.28. The van der Waals surface area contributed by atoms with Gasteiger partial charge in [-0.3, -0.25) is 14.9 Å². The van der Waals surface area contributed by atoms with Crippen LogP contribution in [0.3, 0.4) is 0 Å². The fourth-order valence-electron chi connectivity index (χ4n) is 2.78. The Balaban J connectivity index is 1.99. The van der Waals surface area contributed by atoms with Gasteiger partial charge in [-0.15, -0.1) is 0 Å². The molecule has 0 bridgehead atoms. The highest BCUT2D eigenvalue weighted by Crippen LogP contribution is 2.28. The molecule has 1 aromatic carbocycles. The number of ether oxygens (including phenoxy) is 2. The molecule has 1 fully saturated rings. The first-order chi connectivity index (χ1) is 11.9. The van der Waals surface area contributed by atoms with Gasteiger partial charge in [-0.1, -0.05) is 6.92 Å². The zero-order chi connectivity index (χ0) is 18.4. The van der Waals surface area contributed by atoms with E-state index in [0.717, 1.165) is 18.9 Å². The van der Waals surface area contributed by atoms with E-state index in [0.29, 0.717) is 19.0 Å². The lowest BCUT2D eigenvalue weighted by atomic mass is 10.0. The summed E-state index contributed by atoms with van der Waals surface area (Å²) in [7, 11) is 0. The van der Waals surface area contributed by atoms with Crippen LogP contribution in [-0.2, 0) is 9.53 Å². The first-order valence-corrected chi connectivity index (χ1v) is 8.28. The number of nitrogens with zero attached hydrogens (tertiary/aromatic N) is 2. The van der Waals surface area contributed by atoms with Crippen LogP contribution in [0.1, 0.15) is 37.0 Å². The molecule has 1 saturated heterocycles. The average Bonchev–Trinajstić information content (AvgIpc) is 2.59. The largest absolute Gasteiger partial charge is 0.487 e. The molecule has 0 aliphatic carbocycles. The van der Waals surface area contributed by atoms with Crippen LogP contribution in [0.5, 0.6) is 5.75 Å². The lowest BCUT2D eigenvalue weighted by molar-refractivity contribution is -0.385. The number of benzene rings is 1. The fourth-order valence-corrected chi connectivity index (χ4v) is 2.78. The van der Waals surface area contributed by atoms with Crippen LogP contribution in [0, 0.1) is 16.0 Å². The van der Waals surface area contributed by atoms with Gasteiger partial charge in [-0.2, -0.15) is 0 Å². The molecule has 0 aromatic heterocycles. The Morgan fingerprint density at radius 2 is 2.16 bits per heavy atom. The van der Waals surface area contributed by atoms with Crippen LogP contribution in [0.25, 0.3) is 0 Å². The quantitative estimate of drug-likeness (QED) is 0.444. The predicted molar refractivity (Wildman–Crippen MR) is 89.5 cm³/mol. The predicted octanol–water partition coefficient (Wildman–Crippen LogP) is 2.41. The number of rotatable bonds is 6. The summed E-state index contributed by atoms with van der Waals surface area (Å²) in [5.74, 6) is -0.505. The Morgan fingerprint density at radius 3 is 2.80 bits per heavy atom. The molecule has 1 atom stereocenters. The van der Waals surface area contributed by atoms with Gasteiger partial charge in [0, 0.05) is 19.2 Å². The summed E-state index contributed by atoms with van der Waals surface area (Å²) in [6.07, 6.45) is 2.02. The van der Waals surface area contributed by atoms with Gasteiger partial charge in [0.05, 0.1) is 17.1 Å². The smallest absolute Gasteiger partial charge is 0.338 e. The minimum Gasteiger partial charge on any atom is -0.487 e. The second-order valence-electron chi connectivity index (χ2n) is 6.04. The van der Waals surface area contributed by atoms with Crippen molar-refractivity contribution >= 4 is 17.6 Å². The molecule has 0 spiro atoms. The molecule has 1 aromatic rings. The molecule has 0 saturated carbocycles. The number of piperidine rings is 1. The third kappa shape index (κ3) is 4.91. The van der Waals surface area contributed by atoms with Crippen LogP contribution >= 0.6 is 0 Å². The molecule has 1 aliphatic rings. The standard InChI is InChI=1S/C17H22N2O6/c1-3-24-15-7-6-13(9-14(15)19(22)23)17(21)25-11-16(20)18-8-4-5-12(2)10-18/h6-7,9,12H,3-5,8,10-11H2,1-2H3/t12-/m1/s1. The highest BCUT2D eigenvalue weighted by Gasteiger charge is 2.23. The molecule has 1 heterocycles. The lowest BCUT2D eigenvalue weighted by Gasteiger charge is -2.30. The number of esters is 1. The monoisotopic (exact) mass is 350 g/mol. The summed E-state index contributed by atoms with van der Waals surface area (Å²) in [6, 6.07) is 3.83. The summed E-state index contributed by atoms with van der Waals surface area (Å²) in [6.45, 7) is 5.00. The van der Waals surface area contributed by atoms with E-state index in [1.807, 2.05) is 0 Å². The van der Waals surface area contributed by atoms with E-state index < -0.39 is 10.9 Å². The summed E-state index contributed by atoms with van der Waals surface area (Å²) in [4.78, 5) is 36.3. The Hall–Kier alpha value is -2.64. The van der Waals surface area contributed by atoms with E-state index in [-0.39, 0.29) is 36.1 Å².